The topological polar surface area (TPSA) is 59.1 Å². The van der Waals surface area contributed by atoms with Crippen molar-refractivity contribution in [3.05, 3.63) is 40.4 Å². The van der Waals surface area contributed by atoms with Crippen molar-refractivity contribution in [2.45, 2.75) is 18.2 Å². The third kappa shape index (κ3) is 3.68. The second-order valence-corrected chi connectivity index (χ2v) is 6.11. The molecular weight excluding hydrogens is 292 g/mol. The molecule has 104 valence electrons. The van der Waals surface area contributed by atoms with E-state index in [4.69, 9.17) is 0 Å². The van der Waals surface area contributed by atoms with E-state index in [9.17, 15) is 9.59 Å². The highest BCUT2D eigenvalue weighted by molar-refractivity contribution is 7.98. The van der Waals surface area contributed by atoms with Crippen molar-refractivity contribution in [3.63, 3.8) is 0 Å². The van der Waals surface area contributed by atoms with Crippen LogP contribution in [0.4, 0.5) is 5.13 Å². The molecule has 0 saturated heterocycles. The summed E-state index contributed by atoms with van der Waals surface area (Å²) in [5.74, 6) is -0.188. The second-order valence-electron chi connectivity index (χ2n) is 4.15. The van der Waals surface area contributed by atoms with Crippen LogP contribution in [0.1, 0.15) is 27.9 Å². The van der Waals surface area contributed by atoms with Crippen LogP contribution in [0, 0.1) is 0 Å². The molecule has 1 aromatic heterocycles. The third-order valence-electron chi connectivity index (χ3n) is 2.65. The minimum absolute atomic E-state index is 0.188. The van der Waals surface area contributed by atoms with Gasteiger partial charge in [-0.1, -0.05) is 12.1 Å². The first-order chi connectivity index (χ1) is 9.62. The van der Waals surface area contributed by atoms with Crippen molar-refractivity contribution in [2.75, 3.05) is 11.6 Å². The Hall–Kier alpha value is -1.66. The molecule has 4 nitrogen and oxygen atoms in total. The SMILES string of the molecule is CSc1ccc(Cc2sc(NC(C)=O)nc2C=O)cc1. The molecule has 1 amide bonds. The first-order valence-corrected chi connectivity index (χ1v) is 8.02. The van der Waals surface area contributed by atoms with Gasteiger partial charge in [-0.15, -0.1) is 23.1 Å². The molecule has 0 bridgehead atoms. The molecule has 0 aliphatic carbocycles. The van der Waals surface area contributed by atoms with E-state index in [-0.39, 0.29) is 5.91 Å². The van der Waals surface area contributed by atoms with Gasteiger partial charge in [-0.25, -0.2) is 4.98 Å². The molecule has 1 N–H and O–H groups in total. The summed E-state index contributed by atoms with van der Waals surface area (Å²) in [5.41, 5.74) is 1.51. The highest BCUT2D eigenvalue weighted by Gasteiger charge is 2.12. The summed E-state index contributed by atoms with van der Waals surface area (Å²) in [6, 6.07) is 8.18. The number of hydrogen-bond acceptors (Lipinski definition) is 5. The van der Waals surface area contributed by atoms with Crippen LogP contribution in [0.3, 0.4) is 0 Å². The third-order valence-corrected chi connectivity index (χ3v) is 4.38. The second kappa shape index (κ2) is 6.67. The van der Waals surface area contributed by atoms with Crippen LogP contribution in [0.2, 0.25) is 0 Å². The average molecular weight is 306 g/mol. The highest BCUT2D eigenvalue weighted by atomic mass is 32.2. The molecule has 6 heteroatoms. The Labute approximate surface area is 125 Å². The van der Waals surface area contributed by atoms with Crippen LogP contribution < -0.4 is 5.32 Å². The predicted molar refractivity (Wildman–Crippen MR) is 82.8 cm³/mol. The van der Waals surface area contributed by atoms with Gasteiger partial charge in [-0.2, -0.15) is 0 Å². The smallest absolute Gasteiger partial charge is 0.223 e. The number of benzene rings is 1. The Balaban J connectivity index is 2.20. The van der Waals surface area contributed by atoms with Crippen LogP contribution in [0.15, 0.2) is 29.2 Å². The Morgan fingerprint density at radius 1 is 1.40 bits per heavy atom. The zero-order valence-electron chi connectivity index (χ0n) is 11.2. The summed E-state index contributed by atoms with van der Waals surface area (Å²) in [6.07, 6.45) is 3.40. The van der Waals surface area contributed by atoms with Crippen LogP contribution >= 0.6 is 23.1 Å². The largest absolute Gasteiger partial charge is 0.302 e. The summed E-state index contributed by atoms with van der Waals surface area (Å²) < 4.78 is 0. The van der Waals surface area contributed by atoms with E-state index in [2.05, 4.69) is 22.4 Å². The Morgan fingerprint density at radius 2 is 2.10 bits per heavy atom. The minimum Gasteiger partial charge on any atom is -0.302 e. The van der Waals surface area contributed by atoms with Crippen molar-refractivity contribution in [1.29, 1.82) is 0 Å². The van der Waals surface area contributed by atoms with Crippen LogP contribution in [-0.4, -0.2) is 23.4 Å². The van der Waals surface area contributed by atoms with Crippen molar-refractivity contribution in [1.82, 2.24) is 4.98 Å². The van der Waals surface area contributed by atoms with Gasteiger partial charge in [0.2, 0.25) is 5.91 Å². The van der Waals surface area contributed by atoms with Gasteiger partial charge in [0.25, 0.3) is 0 Å². The Bertz CT molecular complexity index is 621. The number of hydrogen-bond donors (Lipinski definition) is 1. The number of amides is 1. The summed E-state index contributed by atoms with van der Waals surface area (Å²) in [5, 5.41) is 3.08. The van der Waals surface area contributed by atoms with E-state index >= 15 is 0 Å². The lowest BCUT2D eigenvalue weighted by Gasteiger charge is -2.01. The zero-order valence-corrected chi connectivity index (χ0v) is 12.8. The van der Waals surface area contributed by atoms with Crippen molar-refractivity contribution in [3.8, 4) is 0 Å². The molecule has 0 aliphatic rings. The van der Waals surface area contributed by atoms with Crippen molar-refractivity contribution < 1.29 is 9.59 Å². The van der Waals surface area contributed by atoms with E-state index in [0.29, 0.717) is 17.2 Å². The number of thiazole rings is 1. The zero-order chi connectivity index (χ0) is 14.5. The normalized spacial score (nSPS) is 10.3. The minimum atomic E-state index is -0.188. The fourth-order valence-electron chi connectivity index (χ4n) is 1.72. The number of rotatable bonds is 5. The Kier molecular flexibility index (Phi) is 4.92. The van der Waals surface area contributed by atoms with Gasteiger partial charge >= 0.3 is 0 Å². The van der Waals surface area contributed by atoms with Gasteiger partial charge in [0.05, 0.1) is 0 Å². The molecule has 0 atom stereocenters. The highest BCUT2D eigenvalue weighted by Crippen LogP contribution is 2.25. The Morgan fingerprint density at radius 3 is 2.65 bits per heavy atom. The molecule has 0 spiro atoms. The van der Waals surface area contributed by atoms with Crippen LogP contribution in [0.25, 0.3) is 0 Å². The van der Waals surface area contributed by atoms with Crippen LogP contribution in [-0.2, 0) is 11.2 Å². The molecule has 0 unspecified atom stereocenters. The monoisotopic (exact) mass is 306 g/mol. The molecule has 0 radical (unpaired) electrons. The average Bonchev–Trinajstić information content (AvgIpc) is 2.80. The number of aromatic nitrogens is 1. The maximum atomic E-state index is 11.0. The lowest BCUT2D eigenvalue weighted by atomic mass is 10.1. The van der Waals surface area contributed by atoms with E-state index in [1.807, 2.05) is 18.4 Å². The molecular formula is C14H14N2O2S2. The summed E-state index contributed by atoms with van der Waals surface area (Å²) in [7, 11) is 0. The molecule has 1 heterocycles. The molecule has 0 saturated carbocycles. The number of nitrogens with one attached hydrogen (secondary N) is 1. The lowest BCUT2D eigenvalue weighted by Crippen LogP contribution is -2.05. The van der Waals surface area contributed by atoms with E-state index in [1.54, 1.807) is 11.8 Å². The van der Waals surface area contributed by atoms with Gasteiger partial charge in [-0.05, 0) is 24.0 Å². The first kappa shape index (κ1) is 14.7. The number of aldehydes is 1. The molecule has 1 aromatic carbocycles. The quantitative estimate of drug-likeness (QED) is 0.680. The van der Waals surface area contributed by atoms with Crippen LogP contribution in [0.5, 0.6) is 0 Å². The van der Waals surface area contributed by atoms with Gasteiger partial charge in [0.1, 0.15) is 5.69 Å². The fraction of sp³-hybridized carbons (Fsp3) is 0.214. The predicted octanol–water partition coefficient (Wildman–Crippen LogP) is 3.23. The molecule has 2 rings (SSSR count). The van der Waals surface area contributed by atoms with Gasteiger partial charge in [-0.3, -0.25) is 9.59 Å². The first-order valence-electron chi connectivity index (χ1n) is 5.97. The summed E-state index contributed by atoms with van der Waals surface area (Å²) >= 11 is 3.03. The maximum Gasteiger partial charge on any atom is 0.223 e. The molecule has 0 fully saturated rings. The van der Waals surface area contributed by atoms with Gasteiger partial charge < -0.3 is 5.32 Å². The maximum absolute atomic E-state index is 11.0. The molecule has 20 heavy (non-hydrogen) atoms. The van der Waals surface area contributed by atoms with Crippen molar-refractivity contribution >= 4 is 40.4 Å². The number of anilines is 1. The number of thioether (sulfide) groups is 1. The number of nitrogens with zero attached hydrogens (tertiary/aromatic N) is 1. The molecule has 0 aliphatic heterocycles. The summed E-state index contributed by atoms with van der Waals surface area (Å²) in [4.78, 5) is 28.2. The molecule has 2 aromatic rings. The standard InChI is InChI=1S/C14H14N2O2S2/c1-9(18)15-14-16-12(8-17)13(20-14)7-10-3-5-11(19-2)6-4-10/h3-6,8H,7H2,1-2H3,(H,15,16,18). The fourth-order valence-corrected chi connectivity index (χ4v) is 3.13. The van der Waals surface area contributed by atoms with Crippen molar-refractivity contribution in [2.24, 2.45) is 0 Å². The summed E-state index contributed by atoms with van der Waals surface area (Å²) in [6.45, 7) is 1.42. The van der Waals surface area contributed by atoms with Gasteiger partial charge in [0.15, 0.2) is 11.4 Å². The number of carbonyl (C=O) groups excluding carboxylic acids is 2. The lowest BCUT2D eigenvalue weighted by molar-refractivity contribution is -0.114. The van der Waals surface area contributed by atoms with E-state index in [1.165, 1.54) is 23.2 Å². The van der Waals surface area contributed by atoms with E-state index < -0.39 is 0 Å². The van der Waals surface area contributed by atoms with Gasteiger partial charge in [0, 0.05) is 23.1 Å². The number of carbonyl (C=O) groups is 2. The van der Waals surface area contributed by atoms with E-state index in [0.717, 1.165) is 16.7 Å².